The second-order valence-corrected chi connectivity index (χ2v) is 0. The van der Waals surface area contributed by atoms with Gasteiger partial charge < -0.3 is 61.6 Å². The Morgan fingerprint density at radius 3 is 0.250 bits per heavy atom. The smallest absolute Gasteiger partial charge is 0 e. The maximum atomic E-state index is 0. The molecule has 0 bridgehead atoms. The van der Waals surface area contributed by atoms with Crippen LogP contribution in [0.2, 0.25) is 0 Å². The summed E-state index contributed by atoms with van der Waals surface area (Å²) < 4.78 is 0. The van der Waals surface area contributed by atoms with Crippen molar-refractivity contribution in [1.29, 1.82) is 0 Å². The van der Waals surface area contributed by atoms with E-state index in [-0.39, 0.29) is 82.7 Å². The summed E-state index contributed by atoms with van der Waals surface area (Å²) in [6.45, 7) is 0. The van der Waals surface area contributed by atoms with Gasteiger partial charge in [0.05, 0.1) is 0 Å². The third-order valence-corrected chi connectivity index (χ3v) is 0. The van der Waals surface area contributed by atoms with Gasteiger partial charge in [-0.05, 0) is 0 Å². The quantitative estimate of drug-likeness (QED) is 0.413. The van der Waals surface area contributed by atoms with Gasteiger partial charge in [0.2, 0.25) is 0 Å². The van der Waals surface area contributed by atoms with E-state index in [0.717, 1.165) is 0 Å². The van der Waals surface area contributed by atoms with Crippen LogP contribution in [0.4, 0.5) is 0 Å². The van der Waals surface area contributed by atoms with Crippen LogP contribution < -0.4 is 12.3 Å². The zero-order valence-electron chi connectivity index (χ0n) is 6.32. The summed E-state index contributed by atoms with van der Waals surface area (Å²) in [5.41, 5.74) is 0. The molecule has 0 unspecified atom stereocenters. The molecular weight excluding hydrogens is 356 g/mol. The molecule has 0 aromatic carbocycles. The van der Waals surface area contributed by atoms with Gasteiger partial charge in [-0.3, -0.25) is 0 Å². The molecule has 94 valence electrons. The van der Waals surface area contributed by atoms with Crippen LogP contribution >= 0.6 is 0 Å². The van der Waals surface area contributed by atoms with E-state index in [1.807, 2.05) is 0 Å². The Morgan fingerprint density at radius 2 is 0.250 bits per heavy atom. The largest absolute Gasteiger partial charge is 0.412 e. The van der Waals surface area contributed by atoms with Crippen molar-refractivity contribution in [2.75, 3.05) is 0 Å². The Bertz CT molecular complexity index is 12.5. The molecule has 0 atom stereocenters. The van der Waals surface area contributed by atoms with E-state index in [1.54, 1.807) is 0 Å². The zero-order chi connectivity index (χ0) is 0. The Balaban J connectivity index is 0. The van der Waals surface area contributed by atoms with Gasteiger partial charge in [0.25, 0.3) is 0 Å². The van der Waals surface area contributed by atoms with Crippen molar-refractivity contribution in [3.05, 3.63) is 0 Å². The summed E-state index contributed by atoms with van der Waals surface area (Å²) >= 11 is 0. The van der Waals surface area contributed by atoms with Crippen LogP contribution in [0.5, 0.6) is 0 Å². The standard InChI is InChI=1S/2H3N.9H2O.W/h2*1H3;9*1H2;. The molecule has 0 aromatic heterocycles. The van der Waals surface area contributed by atoms with E-state index in [9.17, 15) is 0 Å². The predicted octanol–water partition coefficient (Wildman–Crippen LogP) is -7.10. The van der Waals surface area contributed by atoms with E-state index in [1.165, 1.54) is 0 Å². The fourth-order valence-electron chi connectivity index (χ4n) is 0. The van der Waals surface area contributed by atoms with Crippen molar-refractivity contribution < 1.29 is 70.4 Å². The second kappa shape index (κ2) is 19200. The summed E-state index contributed by atoms with van der Waals surface area (Å²) in [4.78, 5) is 0. The molecule has 0 saturated heterocycles. The van der Waals surface area contributed by atoms with Crippen LogP contribution in [0, 0.1) is 0 Å². The van der Waals surface area contributed by atoms with Gasteiger partial charge in [-0.1, -0.05) is 0 Å². The third kappa shape index (κ3) is 14200. The minimum atomic E-state index is 0. The average molecular weight is 380 g/mol. The zero-order valence-corrected chi connectivity index (χ0v) is 9.26. The van der Waals surface area contributed by atoms with Gasteiger partial charge in [0.15, 0.2) is 0 Å². The Kier molecular flexibility index (Phi) is 40100000. The molecule has 0 rings (SSSR count). The minimum absolute atomic E-state index is 0. The fraction of sp³-hybridized carbons (Fsp3) is 0. The van der Waals surface area contributed by atoms with Gasteiger partial charge in [-0.25, -0.2) is 0 Å². The molecule has 0 aliphatic heterocycles. The van der Waals surface area contributed by atoms with Crippen LogP contribution in [0.1, 0.15) is 0 Å². The van der Waals surface area contributed by atoms with Gasteiger partial charge in [-0.15, -0.1) is 0 Å². The van der Waals surface area contributed by atoms with E-state index < -0.39 is 0 Å². The Hall–Kier alpha value is 0.248. The molecule has 11 nitrogen and oxygen atoms in total. The first-order chi connectivity index (χ1) is 0. The number of hydrogen-bond donors (Lipinski definition) is 2. The van der Waals surface area contributed by atoms with Gasteiger partial charge in [0, 0.05) is 21.1 Å². The maximum absolute atomic E-state index is 0. The topological polar surface area (TPSA) is 354 Å². The van der Waals surface area contributed by atoms with Crippen molar-refractivity contribution >= 4 is 0 Å². The summed E-state index contributed by atoms with van der Waals surface area (Å²) in [6, 6.07) is 0. The van der Waals surface area contributed by atoms with Gasteiger partial charge in [0.1, 0.15) is 0 Å². The van der Waals surface area contributed by atoms with E-state index in [4.69, 9.17) is 0 Å². The first-order valence-corrected chi connectivity index (χ1v) is 0. The molecule has 0 spiro atoms. The first-order valence-electron chi connectivity index (χ1n) is 0. The van der Waals surface area contributed by atoms with Crippen molar-refractivity contribution in [1.82, 2.24) is 12.3 Å². The molecule has 0 heterocycles. The molecule has 24 N–H and O–H groups in total. The van der Waals surface area contributed by atoms with E-state index in [2.05, 4.69) is 0 Å². The molecule has 12 heavy (non-hydrogen) atoms. The summed E-state index contributed by atoms with van der Waals surface area (Å²) in [6.07, 6.45) is 0. The summed E-state index contributed by atoms with van der Waals surface area (Å²) in [7, 11) is 0. The molecule has 0 fully saturated rings. The maximum Gasteiger partial charge on any atom is 0 e. The first kappa shape index (κ1) is 25100. The number of rotatable bonds is 0. The molecule has 12 heteroatoms. The van der Waals surface area contributed by atoms with E-state index >= 15 is 0 Å². The monoisotopic (exact) mass is 380 g/mol. The fourth-order valence-corrected chi connectivity index (χ4v) is 0. The number of hydrogen-bond acceptors (Lipinski definition) is 2. The molecule has 0 saturated carbocycles. The third-order valence-electron chi connectivity index (χ3n) is 0. The van der Waals surface area contributed by atoms with Crippen LogP contribution in [0.25, 0.3) is 0 Å². The van der Waals surface area contributed by atoms with Crippen LogP contribution in [-0.4, -0.2) is 49.3 Å². The molecular formula is H24N2O9W. The minimum Gasteiger partial charge on any atom is -0.412 e. The van der Waals surface area contributed by atoms with Crippen LogP contribution in [0.15, 0.2) is 0 Å². The van der Waals surface area contributed by atoms with Crippen LogP contribution in [0.3, 0.4) is 0 Å². The molecule has 0 aliphatic carbocycles. The van der Waals surface area contributed by atoms with Crippen molar-refractivity contribution in [2.24, 2.45) is 0 Å². The van der Waals surface area contributed by atoms with Crippen molar-refractivity contribution in [3.63, 3.8) is 0 Å². The molecule has 0 aromatic rings. The van der Waals surface area contributed by atoms with Crippen LogP contribution in [-0.2, 0) is 21.1 Å². The summed E-state index contributed by atoms with van der Waals surface area (Å²) in [5, 5.41) is 0. The van der Waals surface area contributed by atoms with Gasteiger partial charge >= 0.3 is 0 Å². The van der Waals surface area contributed by atoms with Crippen molar-refractivity contribution in [2.45, 2.75) is 0 Å². The summed E-state index contributed by atoms with van der Waals surface area (Å²) in [5.74, 6) is 0. The van der Waals surface area contributed by atoms with Gasteiger partial charge in [-0.2, -0.15) is 0 Å². The van der Waals surface area contributed by atoms with E-state index in [0.29, 0.717) is 0 Å². The predicted molar refractivity (Wildman–Crippen MR) is 42.6 cm³/mol. The average Bonchev–Trinajstić information content (AvgIpc) is 0. The molecule has 0 radical (unpaired) electrons. The van der Waals surface area contributed by atoms with Crippen molar-refractivity contribution in [3.8, 4) is 0 Å². The Labute approximate surface area is 83.4 Å². The molecule has 0 amide bonds. The Morgan fingerprint density at radius 1 is 0.250 bits per heavy atom. The molecule has 0 aliphatic rings. The normalized spacial score (nSPS) is 0. The second-order valence-electron chi connectivity index (χ2n) is 0. The SMILES string of the molecule is N.N.O.O.O.O.O.O.O.O.O.[W].